The minimum atomic E-state index is -2.81. The van der Waals surface area contributed by atoms with E-state index in [9.17, 15) is 8.42 Å². The van der Waals surface area contributed by atoms with Crippen LogP contribution in [0.15, 0.2) is 0 Å². The Morgan fingerprint density at radius 1 is 1.50 bits per heavy atom. The second-order valence-corrected chi connectivity index (χ2v) is 6.83. The van der Waals surface area contributed by atoms with Crippen LogP contribution in [0.25, 0.3) is 0 Å². The molecule has 1 unspecified atom stereocenters. The first kappa shape index (κ1) is 11.9. The molecule has 0 spiro atoms. The molecule has 0 aliphatic carbocycles. The number of rotatable bonds is 4. The monoisotopic (exact) mass is 221 g/mol. The molecule has 0 radical (unpaired) electrons. The smallest absolute Gasteiger partial charge is 0.151 e. The van der Waals surface area contributed by atoms with Gasteiger partial charge in [-0.3, -0.25) is 0 Å². The fourth-order valence-electron chi connectivity index (χ4n) is 1.81. The van der Waals surface area contributed by atoms with Crippen molar-refractivity contribution < 1.29 is 13.5 Å². The highest BCUT2D eigenvalue weighted by atomic mass is 32.2. The van der Waals surface area contributed by atoms with Gasteiger partial charge in [0.05, 0.1) is 11.5 Å². The van der Waals surface area contributed by atoms with Crippen molar-refractivity contribution in [1.29, 1.82) is 0 Å². The molecule has 1 fully saturated rings. The van der Waals surface area contributed by atoms with Crippen LogP contribution in [-0.2, 0) is 9.84 Å². The number of aliphatic hydroxyl groups is 1. The topological polar surface area (TPSA) is 66.4 Å². The summed E-state index contributed by atoms with van der Waals surface area (Å²) in [6.45, 7) is 4.09. The molecule has 1 rings (SSSR count). The van der Waals surface area contributed by atoms with Gasteiger partial charge in [0.1, 0.15) is 0 Å². The molecule has 1 heterocycles. The van der Waals surface area contributed by atoms with E-state index in [1.807, 2.05) is 13.8 Å². The number of hydrogen-bond acceptors (Lipinski definition) is 4. The van der Waals surface area contributed by atoms with E-state index in [0.717, 1.165) is 0 Å². The fourth-order valence-corrected chi connectivity index (χ4v) is 3.49. The molecule has 2 N–H and O–H groups in total. The first-order valence-electron chi connectivity index (χ1n) is 4.94. The first-order valence-corrected chi connectivity index (χ1v) is 6.76. The average Bonchev–Trinajstić information content (AvgIpc) is 2.28. The number of aliphatic hydroxyl groups excluding tert-OH is 1. The number of sulfone groups is 1. The van der Waals surface area contributed by atoms with Gasteiger partial charge in [-0.15, -0.1) is 0 Å². The van der Waals surface area contributed by atoms with E-state index in [4.69, 9.17) is 5.11 Å². The van der Waals surface area contributed by atoms with Crippen LogP contribution in [-0.4, -0.2) is 43.2 Å². The van der Waals surface area contributed by atoms with Crippen molar-refractivity contribution in [3.05, 3.63) is 0 Å². The molecule has 0 aromatic heterocycles. The summed E-state index contributed by atoms with van der Waals surface area (Å²) < 4.78 is 22.4. The van der Waals surface area contributed by atoms with Crippen molar-refractivity contribution >= 4 is 9.84 Å². The normalized spacial score (nSPS) is 26.6. The predicted octanol–water partition coefficient (Wildman–Crippen LogP) is -0.0759. The highest BCUT2D eigenvalue weighted by Crippen LogP contribution is 2.16. The van der Waals surface area contributed by atoms with E-state index >= 15 is 0 Å². The highest BCUT2D eigenvalue weighted by Gasteiger charge is 2.31. The molecular weight excluding hydrogens is 202 g/mol. The molecular formula is C9H19NO3S. The lowest BCUT2D eigenvalue weighted by Gasteiger charge is -2.28. The Kier molecular flexibility index (Phi) is 3.55. The maximum absolute atomic E-state index is 11.2. The zero-order chi connectivity index (χ0) is 10.8. The van der Waals surface area contributed by atoms with E-state index in [2.05, 4.69) is 5.32 Å². The van der Waals surface area contributed by atoms with Gasteiger partial charge >= 0.3 is 0 Å². The highest BCUT2D eigenvalue weighted by molar-refractivity contribution is 7.91. The molecule has 0 aromatic rings. The van der Waals surface area contributed by atoms with Crippen LogP contribution in [0, 0.1) is 0 Å². The van der Waals surface area contributed by atoms with Gasteiger partial charge in [0.15, 0.2) is 9.84 Å². The second-order valence-electron chi connectivity index (χ2n) is 4.60. The molecule has 0 aromatic carbocycles. The Morgan fingerprint density at radius 2 is 2.14 bits per heavy atom. The summed E-state index contributed by atoms with van der Waals surface area (Å²) in [7, 11) is -2.81. The molecule has 5 heteroatoms. The van der Waals surface area contributed by atoms with Gasteiger partial charge in [-0.1, -0.05) is 0 Å². The quantitative estimate of drug-likeness (QED) is 0.697. The van der Waals surface area contributed by atoms with Crippen LogP contribution >= 0.6 is 0 Å². The summed E-state index contributed by atoms with van der Waals surface area (Å²) in [5.41, 5.74) is -0.181. The standard InChI is InChI=1S/C9H19NO3S/c1-9(2,4-5-11)10-8-3-6-14(12,13)7-8/h8,10-11H,3-7H2,1-2H3. The van der Waals surface area contributed by atoms with Gasteiger partial charge in [-0.05, 0) is 26.7 Å². The van der Waals surface area contributed by atoms with Crippen LogP contribution in [0.1, 0.15) is 26.7 Å². The molecule has 1 aliphatic rings. The largest absolute Gasteiger partial charge is 0.396 e. The van der Waals surface area contributed by atoms with Gasteiger partial charge in [0.25, 0.3) is 0 Å². The lowest BCUT2D eigenvalue weighted by molar-refractivity contribution is 0.222. The number of nitrogens with one attached hydrogen (secondary N) is 1. The molecule has 14 heavy (non-hydrogen) atoms. The van der Waals surface area contributed by atoms with Crippen LogP contribution in [0.4, 0.5) is 0 Å². The van der Waals surface area contributed by atoms with Gasteiger partial charge < -0.3 is 10.4 Å². The lowest BCUT2D eigenvalue weighted by atomic mass is 9.99. The van der Waals surface area contributed by atoms with Crippen LogP contribution in [0.5, 0.6) is 0 Å². The Morgan fingerprint density at radius 3 is 2.57 bits per heavy atom. The third kappa shape index (κ3) is 3.55. The SMILES string of the molecule is CC(C)(CCO)NC1CCS(=O)(=O)C1. The third-order valence-corrected chi connectivity index (χ3v) is 4.33. The minimum absolute atomic E-state index is 0.0570. The molecule has 1 atom stereocenters. The van der Waals surface area contributed by atoms with E-state index in [1.54, 1.807) is 0 Å². The zero-order valence-electron chi connectivity index (χ0n) is 8.78. The summed E-state index contributed by atoms with van der Waals surface area (Å²) in [5.74, 6) is 0.529. The molecule has 4 nitrogen and oxygen atoms in total. The minimum Gasteiger partial charge on any atom is -0.396 e. The van der Waals surface area contributed by atoms with Crippen molar-refractivity contribution in [2.24, 2.45) is 0 Å². The summed E-state index contributed by atoms with van der Waals surface area (Å²) in [6, 6.07) is 0.0570. The summed E-state index contributed by atoms with van der Waals surface area (Å²) in [4.78, 5) is 0. The van der Waals surface area contributed by atoms with Crippen LogP contribution < -0.4 is 5.32 Å². The van der Waals surface area contributed by atoms with Gasteiger partial charge in [0, 0.05) is 18.2 Å². The molecule has 0 bridgehead atoms. The van der Waals surface area contributed by atoms with E-state index in [1.165, 1.54) is 0 Å². The van der Waals surface area contributed by atoms with Crippen molar-refractivity contribution in [2.45, 2.75) is 38.3 Å². The number of hydrogen-bond donors (Lipinski definition) is 2. The van der Waals surface area contributed by atoms with Gasteiger partial charge in [-0.2, -0.15) is 0 Å². The fraction of sp³-hybridized carbons (Fsp3) is 1.00. The summed E-state index contributed by atoms with van der Waals surface area (Å²) in [6.07, 6.45) is 1.33. The lowest BCUT2D eigenvalue weighted by Crippen LogP contribution is -2.47. The van der Waals surface area contributed by atoms with Crippen LogP contribution in [0.2, 0.25) is 0 Å². The maximum atomic E-state index is 11.2. The maximum Gasteiger partial charge on any atom is 0.151 e. The van der Waals surface area contributed by atoms with E-state index in [0.29, 0.717) is 18.6 Å². The van der Waals surface area contributed by atoms with Crippen molar-refractivity contribution in [3.63, 3.8) is 0 Å². The summed E-state index contributed by atoms with van der Waals surface area (Å²) >= 11 is 0. The zero-order valence-corrected chi connectivity index (χ0v) is 9.60. The Hall–Kier alpha value is -0.130. The predicted molar refractivity (Wildman–Crippen MR) is 56.0 cm³/mol. The Bertz CT molecular complexity index is 284. The Balaban J connectivity index is 2.46. The van der Waals surface area contributed by atoms with E-state index < -0.39 is 9.84 Å². The molecule has 1 aliphatic heterocycles. The van der Waals surface area contributed by atoms with Gasteiger partial charge in [0.2, 0.25) is 0 Å². The summed E-state index contributed by atoms with van der Waals surface area (Å²) in [5, 5.41) is 12.1. The van der Waals surface area contributed by atoms with Crippen molar-refractivity contribution in [2.75, 3.05) is 18.1 Å². The second kappa shape index (κ2) is 4.16. The average molecular weight is 221 g/mol. The first-order chi connectivity index (χ1) is 6.35. The molecule has 84 valence electrons. The van der Waals surface area contributed by atoms with Gasteiger partial charge in [-0.25, -0.2) is 8.42 Å². The molecule has 0 amide bonds. The van der Waals surface area contributed by atoms with Crippen molar-refractivity contribution in [3.8, 4) is 0 Å². The third-order valence-electron chi connectivity index (χ3n) is 2.56. The Labute approximate surface area is 85.6 Å². The molecule has 1 saturated heterocycles. The van der Waals surface area contributed by atoms with Crippen LogP contribution in [0.3, 0.4) is 0 Å². The van der Waals surface area contributed by atoms with Crippen molar-refractivity contribution in [1.82, 2.24) is 5.32 Å². The molecule has 0 saturated carbocycles. The van der Waals surface area contributed by atoms with E-state index in [-0.39, 0.29) is 23.9 Å².